The van der Waals surface area contributed by atoms with Gasteiger partial charge in [-0.15, -0.1) is 0 Å². The number of aromatic nitrogens is 4. The molecule has 1 atom stereocenters. The van der Waals surface area contributed by atoms with Gasteiger partial charge in [0.05, 0.1) is 11.9 Å². The number of anilines is 1. The van der Waals surface area contributed by atoms with E-state index in [1.54, 1.807) is 6.20 Å². The summed E-state index contributed by atoms with van der Waals surface area (Å²) in [4.78, 5) is 10.5. The zero-order chi connectivity index (χ0) is 14.2. The number of nitrogens with zero attached hydrogens (tertiary/aromatic N) is 4. The Morgan fingerprint density at radius 3 is 3.00 bits per heavy atom. The fourth-order valence-electron chi connectivity index (χ4n) is 2.55. The summed E-state index contributed by atoms with van der Waals surface area (Å²) in [5.74, 6) is 0.986. The highest BCUT2D eigenvalue weighted by Crippen LogP contribution is 2.31. The lowest BCUT2D eigenvalue weighted by atomic mass is 10.1. The molecule has 1 aliphatic heterocycles. The van der Waals surface area contributed by atoms with Crippen LogP contribution in [-0.2, 0) is 9.84 Å². The van der Waals surface area contributed by atoms with E-state index in [0.717, 1.165) is 25.3 Å². The molecule has 0 aromatic carbocycles. The molecule has 0 amide bonds. The van der Waals surface area contributed by atoms with E-state index in [0.29, 0.717) is 10.6 Å². The second-order valence-corrected chi connectivity index (χ2v) is 6.90. The smallest absolute Gasteiger partial charge is 0.178 e. The summed E-state index contributed by atoms with van der Waals surface area (Å²) in [5, 5.41) is 6.72. The number of hydrogen-bond donors (Lipinski definition) is 1. The molecule has 0 saturated carbocycles. The van der Waals surface area contributed by atoms with Crippen molar-refractivity contribution in [1.29, 1.82) is 0 Å². The van der Waals surface area contributed by atoms with Gasteiger partial charge in [-0.25, -0.2) is 18.4 Å². The molecule has 1 N–H and O–H groups in total. The molecule has 1 aliphatic rings. The Balaban J connectivity index is 1.83. The number of hydrogen-bond acceptors (Lipinski definition) is 6. The van der Waals surface area contributed by atoms with E-state index in [1.807, 2.05) is 6.07 Å². The van der Waals surface area contributed by atoms with Gasteiger partial charge in [0.15, 0.2) is 9.84 Å². The molecule has 0 unspecified atom stereocenters. The van der Waals surface area contributed by atoms with Crippen molar-refractivity contribution in [3.05, 3.63) is 30.5 Å². The standard InChI is InChI=1S/C12H15N5O2S/c1-20(18,19)10-6-15-16-12(10)9-3-5-17(7-9)11-2-4-13-8-14-11/h2,4,6,8-9H,3,5,7H2,1H3,(H,15,16)/t9-/m1/s1. The zero-order valence-electron chi connectivity index (χ0n) is 11.0. The van der Waals surface area contributed by atoms with Crippen LogP contribution in [0.25, 0.3) is 0 Å². The fraction of sp³-hybridized carbons (Fsp3) is 0.417. The van der Waals surface area contributed by atoms with E-state index in [2.05, 4.69) is 25.1 Å². The second kappa shape index (κ2) is 4.86. The van der Waals surface area contributed by atoms with Gasteiger partial charge in [-0.2, -0.15) is 5.10 Å². The monoisotopic (exact) mass is 293 g/mol. The normalized spacial score (nSPS) is 19.4. The molecule has 1 fully saturated rings. The van der Waals surface area contributed by atoms with Crippen LogP contribution in [0.5, 0.6) is 0 Å². The minimum atomic E-state index is -3.25. The van der Waals surface area contributed by atoms with Gasteiger partial charge < -0.3 is 4.90 Å². The van der Waals surface area contributed by atoms with Gasteiger partial charge in [-0.3, -0.25) is 5.10 Å². The van der Waals surface area contributed by atoms with E-state index < -0.39 is 9.84 Å². The van der Waals surface area contributed by atoms with Crippen molar-refractivity contribution in [3.63, 3.8) is 0 Å². The number of nitrogens with one attached hydrogen (secondary N) is 1. The molecular formula is C12H15N5O2S. The maximum absolute atomic E-state index is 11.7. The molecular weight excluding hydrogens is 278 g/mol. The molecule has 0 aliphatic carbocycles. The summed E-state index contributed by atoms with van der Waals surface area (Å²) in [5.41, 5.74) is 0.698. The maximum atomic E-state index is 11.7. The molecule has 0 bridgehead atoms. The maximum Gasteiger partial charge on any atom is 0.178 e. The van der Waals surface area contributed by atoms with Crippen molar-refractivity contribution < 1.29 is 8.42 Å². The first-order valence-electron chi connectivity index (χ1n) is 6.30. The molecule has 2 aromatic heterocycles. The van der Waals surface area contributed by atoms with Crippen LogP contribution in [0.1, 0.15) is 18.0 Å². The highest BCUT2D eigenvalue weighted by molar-refractivity contribution is 7.90. The summed E-state index contributed by atoms with van der Waals surface area (Å²) < 4.78 is 23.5. The Kier molecular flexibility index (Phi) is 3.17. The molecule has 7 nitrogen and oxygen atoms in total. The summed E-state index contributed by atoms with van der Waals surface area (Å²) in [6.07, 6.45) is 6.68. The van der Waals surface area contributed by atoms with E-state index in [4.69, 9.17) is 0 Å². The van der Waals surface area contributed by atoms with Crippen LogP contribution in [0.3, 0.4) is 0 Å². The zero-order valence-corrected chi connectivity index (χ0v) is 11.8. The van der Waals surface area contributed by atoms with Crippen LogP contribution in [-0.4, -0.2) is 47.9 Å². The fourth-order valence-corrected chi connectivity index (χ4v) is 3.40. The van der Waals surface area contributed by atoms with Gasteiger partial charge in [0, 0.05) is 31.5 Å². The minimum Gasteiger partial charge on any atom is -0.356 e. The number of sulfone groups is 1. The molecule has 8 heteroatoms. The Bertz CT molecular complexity index is 698. The lowest BCUT2D eigenvalue weighted by molar-refractivity contribution is 0.598. The van der Waals surface area contributed by atoms with Gasteiger partial charge in [0.2, 0.25) is 0 Å². The third kappa shape index (κ3) is 2.38. The first kappa shape index (κ1) is 13.0. The highest BCUT2D eigenvalue weighted by Gasteiger charge is 2.30. The van der Waals surface area contributed by atoms with Crippen LogP contribution in [0.15, 0.2) is 29.7 Å². The lowest BCUT2D eigenvalue weighted by Gasteiger charge is -2.16. The van der Waals surface area contributed by atoms with Crippen molar-refractivity contribution in [1.82, 2.24) is 20.2 Å². The summed E-state index contributed by atoms with van der Waals surface area (Å²) in [6, 6.07) is 1.85. The number of rotatable bonds is 3. The molecule has 1 saturated heterocycles. The predicted molar refractivity (Wildman–Crippen MR) is 73.3 cm³/mol. The average molecular weight is 293 g/mol. The molecule has 20 heavy (non-hydrogen) atoms. The van der Waals surface area contributed by atoms with Crippen LogP contribution in [0.4, 0.5) is 5.82 Å². The Hall–Kier alpha value is -1.96. The SMILES string of the molecule is CS(=O)(=O)c1cn[nH]c1[C@@H]1CCN(c2ccncn2)C1. The molecule has 3 heterocycles. The average Bonchev–Trinajstić information content (AvgIpc) is 3.08. The Labute approximate surface area is 117 Å². The molecule has 3 rings (SSSR count). The van der Waals surface area contributed by atoms with Crippen LogP contribution in [0.2, 0.25) is 0 Å². The summed E-state index contributed by atoms with van der Waals surface area (Å²) in [6.45, 7) is 1.56. The number of aromatic amines is 1. The molecule has 2 aromatic rings. The quantitative estimate of drug-likeness (QED) is 0.891. The Morgan fingerprint density at radius 2 is 2.30 bits per heavy atom. The van der Waals surface area contributed by atoms with E-state index >= 15 is 0 Å². The van der Waals surface area contributed by atoms with Crippen LogP contribution < -0.4 is 4.90 Å². The minimum absolute atomic E-state index is 0.122. The third-order valence-corrected chi connectivity index (χ3v) is 4.64. The summed E-state index contributed by atoms with van der Waals surface area (Å²) in [7, 11) is -3.25. The van der Waals surface area contributed by atoms with Gasteiger partial charge in [-0.05, 0) is 12.5 Å². The van der Waals surface area contributed by atoms with Crippen molar-refractivity contribution in [3.8, 4) is 0 Å². The third-order valence-electron chi connectivity index (χ3n) is 3.52. The van der Waals surface area contributed by atoms with Gasteiger partial charge in [-0.1, -0.05) is 0 Å². The lowest BCUT2D eigenvalue weighted by Crippen LogP contribution is -2.20. The first-order valence-corrected chi connectivity index (χ1v) is 8.19. The van der Waals surface area contributed by atoms with Crippen molar-refractivity contribution in [2.24, 2.45) is 0 Å². The van der Waals surface area contributed by atoms with Crippen molar-refractivity contribution in [2.45, 2.75) is 17.2 Å². The van der Waals surface area contributed by atoms with Crippen LogP contribution in [0, 0.1) is 0 Å². The van der Waals surface area contributed by atoms with Gasteiger partial charge in [0.1, 0.15) is 17.0 Å². The van der Waals surface area contributed by atoms with Crippen LogP contribution >= 0.6 is 0 Å². The van der Waals surface area contributed by atoms with Gasteiger partial charge in [0.25, 0.3) is 0 Å². The van der Waals surface area contributed by atoms with Gasteiger partial charge >= 0.3 is 0 Å². The first-order chi connectivity index (χ1) is 9.55. The Morgan fingerprint density at radius 1 is 1.45 bits per heavy atom. The molecule has 106 valence electrons. The van der Waals surface area contributed by atoms with E-state index in [9.17, 15) is 8.42 Å². The van der Waals surface area contributed by atoms with Crippen molar-refractivity contribution >= 4 is 15.7 Å². The largest absolute Gasteiger partial charge is 0.356 e. The second-order valence-electron chi connectivity index (χ2n) is 4.92. The highest BCUT2D eigenvalue weighted by atomic mass is 32.2. The van der Waals surface area contributed by atoms with E-state index in [1.165, 1.54) is 18.8 Å². The number of H-pyrrole nitrogens is 1. The predicted octanol–water partition coefficient (Wildman–Crippen LogP) is 0.597. The van der Waals surface area contributed by atoms with E-state index in [-0.39, 0.29) is 5.92 Å². The van der Waals surface area contributed by atoms with Crippen molar-refractivity contribution in [2.75, 3.05) is 24.2 Å². The molecule has 0 radical (unpaired) electrons. The summed E-state index contributed by atoms with van der Waals surface area (Å²) >= 11 is 0. The molecule has 0 spiro atoms. The topological polar surface area (TPSA) is 91.8 Å².